The molecular weight excluding hydrogens is 318 g/mol. The lowest BCUT2D eigenvalue weighted by Gasteiger charge is -2.23. The molecule has 0 bridgehead atoms. The maximum Gasteiger partial charge on any atom is 0.227 e. The van der Waals surface area contributed by atoms with Crippen LogP contribution in [0.3, 0.4) is 0 Å². The Morgan fingerprint density at radius 2 is 1.80 bits per heavy atom. The molecule has 0 saturated heterocycles. The van der Waals surface area contributed by atoms with E-state index in [2.05, 4.69) is 0 Å². The Hall–Kier alpha value is -2.53. The summed E-state index contributed by atoms with van der Waals surface area (Å²) in [6.45, 7) is 2.54. The third-order valence-corrected chi connectivity index (χ3v) is 4.05. The van der Waals surface area contributed by atoms with E-state index >= 15 is 0 Å². The van der Waals surface area contributed by atoms with Gasteiger partial charge in [0.1, 0.15) is 11.5 Å². The van der Waals surface area contributed by atoms with Crippen LogP contribution in [0.25, 0.3) is 0 Å². The average Bonchev–Trinajstić information content (AvgIpc) is 2.63. The van der Waals surface area contributed by atoms with Crippen molar-refractivity contribution in [3.8, 4) is 11.5 Å². The highest BCUT2D eigenvalue weighted by Gasteiger charge is 2.17. The van der Waals surface area contributed by atoms with E-state index in [0.29, 0.717) is 24.5 Å². The Bertz CT molecular complexity index is 697. The van der Waals surface area contributed by atoms with Crippen molar-refractivity contribution in [1.82, 2.24) is 4.90 Å². The molecule has 1 amide bonds. The maximum absolute atomic E-state index is 12.7. The minimum Gasteiger partial charge on any atom is -0.497 e. The number of amides is 1. The first-order valence-corrected chi connectivity index (χ1v) is 8.22. The van der Waals surface area contributed by atoms with Gasteiger partial charge in [0.2, 0.25) is 5.91 Å². The van der Waals surface area contributed by atoms with Gasteiger partial charge in [-0.2, -0.15) is 0 Å². The normalized spacial score (nSPS) is 10.4. The monoisotopic (exact) mass is 343 g/mol. The predicted octanol–water partition coefficient (Wildman–Crippen LogP) is 2.58. The second-order valence-corrected chi connectivity index (χ2v) is 5.88. The molecule has 0 aliphatic heterocycles. The second kappa shape index (κ2) is 9.08. The molecule has 0 heterocycles. The van der Waals surface area contributed by atoms with Crippen LogP contribution < -0.4 is 9.47 Å². The van der Waals surface area contributed by atoms with Crippen LogP contribution in [0.1, 0.15) is 16.7 Å². The topological polar surface area (TPSA) is 59.0 Å². The predicted molar refractivity (Wildman–Crippen MR) is 96.9 cm³/mol. The number of ether oxygens (including phenoxy) is 2. The van der Waals surface area contributed by atoms with Crippen LogP contribution in [0.15, 0.2) is 42.5 Å². The first kappa shape index (κ1) is 18.8. The standard InChI is InChI=1S/C20H25NO4/c1-15-4-6-16(7-5-15)12-20(23)21(10-11-22)14-17-13-18(24-2)8-9-19(17)25-3/h4-9,13,22H,10-12,14H2,1-3H3. The third-order valence-electron chi connectivity index (χ3n) is 4.05. The zero-order valence-corrected chi connectivity index (χ0v) is 15.0. The lowest BCUT2D eigenvalue weighted by Crippen LogP contribution is -2.34. The van der Waals surface area contributed by atoms with Gasteiger partial charge in [0.25, 0.3) is 0 Å². The smallest absolute Gasteiger partial charge is 0.227 e. The summed E-state index contributed by atoms with van der Waals surface area (Å²) in [6, 6.07) is 13.4. The molecule has 0 atom stereocenters. The van der Waals surface area contributed by atoms with Crippen molar-refractivity contribution in [2.45, 2.75) is 19.9 Å². The molecule has 25 heavy (non-hydrogen) atoms. The number of aliphatic hydroxyl groups is 1. The number of rotatable bonds is 8. The highest BCUT2D eigenvalue weighted by Crippen LogP contribution is 2.25. The highest BCUT2D eigenvalue weighted by molar-refractivity contribution is 5.79. The summed E-state index contributed by atoms with van der Waals surface area (Å²) in [5.41, 5.74) is 2.95. The van der Waals surface area contributed by atoms with Gasteiger partial charge < -0.3 is 19.5 Å². The van der Waals surface area contributed by atoms with Crippen molar-refractivity contribution in [2.24, 2.45) is 0 Å². The summed E-state index contributed by atoms with van der Waals surface area (Å²) < 4.78 is 10.6. The number of carbonyl (C=O) groups is 1. The minimum absolute atomic E-state index is 0.0391. The van der Waals surface area contributed by atoms with Crippen LogP contribution >= 0.6 is 0 Å². The lowest BCUT2D eigenvalue weighted by molar-refractivity contribution is -0.131. The fourth-order valence-electron chi connectivity index (χ4n) is 2.62. The highest BCUT2D eigenvalue weighted by atomic mass is 16.5. The number of nitrogens with zero attached hydrogens (tertiary/aromatic N) is 1. The number of aryl methyl sites for hydroxylation is 1. The Labute approximate surface area is 148 Å². The molecule has 2 aromatic rings. The molecule has 0 aromatic heterocycles. The van der Waals surface area contributed by atoms with Crippen molar-refractivity contribution in [1.29, 1.82) is 0 Å². The minimum atomic E-state index is -0.0913. The summed E-state index contributed by atoms with van der Waals surface area (Å²) in [5.74, 6) is 1.35. The van der Waals surface area contributed by atoms with Crippen molar-refractivity contribution >= 4 is 5.91 Å². The van der Waals surface area contributed by atoms with Gasteiger partial charge in [-0.3, -0.25) is 4.79 Å². The Morgan fingerprint density at radius 3 is 2.40 bits per heavy atom. The first-order chi connectivity index (χ1) is 12.1. The first-order valence-electron chi connectivity index (χ1n) is 8.22. The van der Waals surface area contributed by atoms with Crippen molar-refractivity contribution in [3.63, 3.8) is 0 Å². The maximum atomic E-state index is 12.7. The van der Waals surface area contributed by atoms with E-state index in [-0.39, 0.29) is 19.1 Å². The Balaban J connectivity index is 2.17. The third kappa shape index (κ3) is 5.22. The lowest BCUT2D eigenvalue weighted by atomic mass is 10.1. The van der Waals surface area contributed by atoms with Gasteiger partial charge in [0, 0.05) is 18.7 Å². The molecule has 0 unspecified atom stereocenters. The van der Waals surface area contributed by atoms with Gasteiger partial charge >= 0.3 is 0 Å². The van der Waals surface area contributed by atoms with E-state index in [9.17, 15) is 9.90 Å². The fraction of sp³-hybridized carbons (Fsp3) is 0.350. The van der Waals surface area contributed by atoms with Gasteiger partial charge in [-0.05, 0) is 30.7 Å². The van der Waals surface area contributed by atoms with Crippen molar-refractivity contribution < 1.29 is 19.4 Å². The molecule has 0 aliphatic rings. The average molecular weight is 343 g/mol. The zero-order chi connectivity index (χ0) is 18.2. The number of hydrogen-bond donors (Lipinski definition) is 1. The molecule has 1 N–H and O–H groups in total. The summed E-state index contributed by atoms with van der Waals surface area (Å²) >= 11 is 0. The zero-order valence-electron chi connectivity index (χ0n) is 15.0. The quantitative estimate of drug-likeness (QED) is 0.800. The van der Waals surface area contributed by atoms with Crippen molar-refractivity contribution in [2.75, 3.05) is 27.4 Å². The van der Waals surface area contributed by atoms with E-state index in [0.717, 1.165) is 16.7 Å². The molecule has 2 aromatic carbocycles. The van der Waals surface area contributed by atoms with Gasteiger partial charge in [-0.15, -0.1) is 0 Å². The molecule has 5 nitrogen and oxygen atoms in total. The number of aliphatic hydroxyl groups excluding tert-OH is 1. The molecule has 0 fully saturated rings. The second-order valence-electron chi connectivity index (χ2n) is 5.88. The molecule has 5 heteroatoms. The van der Waals surface area contributed by atoms with Gasteiger partial charge in [0.15, 0.2) is 0 Å². The molecule has 0 spiro atoms. The molecule has 134 valence electrons. The van der Waals surface area contributed by atoms with Crippen LogP contribution in [0.2, 0.25) is 0 Å². The SMILES string of the molecule is COc1ccc(OC)c(CN(CCO)C(=O)Cc2ccc(C)cc2)c1. The molecule has 2 rings (SSSR count). The largest absolute Gasteiger partial charge is 0.497 e. The molecule has 0 saturated carbocycles. The van der Waals surface area contributed by atoms with Crippen LogP contribution in [-0.2, 0) is 17.8 Å². The van der Waals surface area contributed by atoms with Crippen LogP contribution in [0, 0.1) is 6.92 Å². The summed E-state index contributed by atoms with van der Waals surface area (Å²) in [5, 5.41) is 9.34. The van der Waals surface area contributed by atoms with Crippen LogP contribution in [0.4, 0.5) is 0 Å². The molecule has 0 aliphatic carbocycles. The van der Waals surface area contributed by atoms with Crippen LogP contribution in [0.5, 0.6) is 11.5 Å². The number of hydrogen-bond acceptors (Lipinski definition) is 4. The van der Waals surface area contributed by atoms with E-state index < -0.39 is 0 Å². The van der Waals surface area contributed by atoms with Crippen LogP contribution in [-0.4, -0.2) is 43.3 Å². The summed E-state index contributed by atoms with van der Waals surface area (Å²) in [4.78, 5) is 14.3. The molecule has 0 radical (unpaired) electrons. The van der Waals surface area contributed by atoms with Gasteiger partial charge in [-0.25, -0.2) is 0 Å². The number of methoxy groups -OCH3 is 2. The van der Waals surface area contributed by atoms with Crippen molar-refractivity contribution in [3.05, 3.63) is 59.2 Å². The molecular formula is C20H25NO4. The Kier molecular flexibility index (Phi) is 6.83. The number of carbonyl (C=O) groups excluding carboxylic acids is 1. The van der Waals surface area contributed by atoms with Gasteiger partial charge in [-0.1, -0.05) is 29.8 Å². The summed E-state index contributed by atoms with van der Waals surface area (Å²) in [7, 11) is 3.19. The van der Waals surface area contributed by atoms with Gasteiger partial charge in [0.05, 0.1) is 27.2 Å². The summed E-state index contributed by atoms with van der Waals surface area (Å²) in [6.07, 6.45) is 0.298. The Morgan fingerprint density at radius 1 is 1.08 bits per heavy atom. The van der Waals surface area contributed by atoms with E-state index in [1.165, 1.54) is 0 Å². The number of benzene rings is 2. The van der Waals surface area contributed by atoms with E-state index in [1.54, 1.807) is 19.1 Å². The fourth-order valence-corrected chi connectivity index (χ4v) is 2.62. The van der Waals surface area contributed by atoms with E-state index in [4.69, 9.17) is 9.47 Å². The van der Waals surface area contributed by atoms with E-state index in [1.807, 2.05) is 49.4 Å².